The Morgan fingerprint density at radius 1 is 0.974 bits per heavy atom. The second-order valence-corrected chi connectivity index (χ2v) is 9.22. The molecule has 39 heavy (non-hydrogen) atoms. The smallest absolute Gasteiger partial charge is 0.337 e. The van der Waals surface area contributed by atoms with Crippen molar-refractivity contribution in [3.63, 3.8) is 0 Å². The van der Waals surface area contributed by atoms with Crippen molar-refractivity contribution in [2.24, 2.45) is 0 Å². The molecule has 1 fully saturated rings. The van der Waals surface area contributed by atoms with Crippen molar-refractivity contribution in [2.45, 2.75) is 20.5 Å². The third-order valence-electron chi connectivity index (χ3n) is 5.88. The molecule has 200 valence electrons. The van der Waals surface area contributed by atoms with E-state index < -0.39 is 23.8 Å². The van der Waals surface area contributed by atoms with Crippen LogP contribution in [0.2, 0.25) is 5.02 Å². The maximum Gasteiger partial charge on any atom is 0.337 e. The first-order valence-electron chi connectivity index (χ1n) is 11.8. The predicted molar refractivity (Wildman–Crippen MR) is 145 cm³/mol. The van der Waals surface area contributed by atoms with Crippen molar-refractivity contribution in [3.8, 4) is 11.5 Å². The van der Waals surface area contributed by atoms with Gasteiger partial charge in [-0.1, -0.05) is 40.9 Å². The number of carbonyl (C=O) groups is 4. The average Bonchev–Trinajstić information content (AvgIpc) is 2.89. The van der Waals surface area contributed by atoms with Gasteiger partial charge in [-0.3, -0.25) is 14.9 Å². The van der Waals surface area contributed by atoms with Crippen LogP contribution >= 0.6 is 11.6 Å². The van der Waals surface area contributed by atoms with E-state index in [0.717, 1.165) is 21.6 Å². The zero-order valence-corrected chi connectivity index (χ0v) is 22.4. The van der Waals surface area contributed by atoms with Crippen LogP contribution in [0.3, 0.4) is 0 Å². The lowest BCUT2D eigenvalue weighted by molar-refractivity contribution is -0.122. The maximum atomic E-state index is 13.2. The van der Waals surface area contributed by atoms with Crippen molar-refractivity contribution >= 4 is 47.2 Å². The molecule has 1 N–H and O–H groups in total. The fraction of sp³-hybridized carbons (Fsp3) is 0.172. The molecule has 0 unspecified atom stereocenters. The number of esters is 1. The number of barbiturate groups is 1. The first-order valence-corrected chi connectivity index (χ1v) is 12.2. The maximum absolute atomic E-state index is 13.2. The van der Waals surface area contributed by atoms with Crippen LogP contribution in [0, 0.1) is 13.8 Å². The van der Waals surface area contributed by atoms with E-state index in [1.165, 1.54) is 50.6 Å². The Labute approximate surface area is 229 Å². The van der Waals surface area contributed by atoms with E-state index in [2.05, 4.69) is 16.1 Å². The van der Waals surface area contributed by atoms with Gasteiger partial charge >= 0.3 is 12.0 Å². The van der Waals surface area contributed by atoms with Crippen molar-refractivity contribution < 1.29 is 33.4 Å². The number of hydrogen-bond acceptors (Lipinski definition) is 7. The zero-order valence-electron chi connectivity index (χ0n) is 21.7. The molecule has 0 aromatic heterocycles. The molecule has 1 saturated heterocycles. The minimum Gasteiger partial charge on any atom is -0.493 e. The van der Waals surface area contributed by atoms with Gasteiger partial charge < -0.3 is 14.2 Å². The molecule has 1 aliphatic rings. The first kappa shape index (κ1) is 27.4. The van der Waals surface area contributed by atoms with Crippen LogP contribution in [0.5, 0.6) is 11.5 Å². The molecule has 1 aliphatic heterocycles. The molecule has 0 atom stereocenters. The Hall–Kier alpha value is -4.63. The molecule has 0 saturated carbocycles. The molecular formula is C29H25ClN2O7. The predicted octanol–water partition coefficient (Wildman–Crippen LogP) is 5.00. The van der Waals surface area contributed by atoms with Gasteiger partial charge in [-0.05, 0) is 67.4 Å². The molecule has 9 nitrogen and oxygen atoms in total. The average molecular weight is 549 g/mol. The quantitative estimate of drug-likeness (QED) is 0.251. The van der Waals surface area contributed by atoms with Gasteiger partial charge in [-0.25, -0.2) is 14.5 Å². The van der Waals surface area contributed by atoms with E-state index in [1.54, 1.807) is 6.07 Å². The van der Waals surface area contributed by atoms with Gasteiger partial charge in [0.05, 0.1) is 30.5 Å². The van der Waals surface area contributed by atoms with E-state index in [9.17, 15) is 19.2 Å². The number of amides is 4. The van der Waals surface area contributed by atoms with E-state index in [1.807, 2.05) is 26.0 Å². The zero-order chi connectivity index (χ0) is 28.3. The second-order valence-electron chi connectivity index (χ2n) is 8.82. The van der Waals surface area contributed by atoms with Gasteiger partial charge in [0.2, 0.25) is 0 Å². The highest BCUT2D eigenvalue weighted by molar-refractivity contribution is 6.39. The summed E-state index contributed by atoms with van der Waals surface area (Å²) in [5, 5.41) is 2.37. The highest BCUT2D eigenvalue weighted by Crippen LogP contribution is 2.38. The fourth-order valence-electron chi connectivity index (χ4n) is 4.19. The Balaban J connectivity index is 1.62. The largest absolute Gasteiger partial charge is 0.493 e. The molecule has 0 spiro atoms. The van der Waals surface area contributed by atoms with Gasteiger partial charge in [-0.15, -0.1) is 0 Å². The summed E-state index contributed by atoms with van der Waals surface area (Å²) in [6.07, 6.45) is 1.31. The molecule has 4 rings (SSSR count). The molecule has 0 bridgehead atoms. The summed E-state index contributed by atoms with van der Waals surface area (Å²) in [5.74, 6) is -1.67. The Morgan fingerprint density at radius 3 is 2.26 bits per heavy atom. The molecular weight excluding hydrogens is 524 g/mol. The Bertz CT molecular complexity index is 1490. The fourth-order valence-corrected chi connectivity index (χ4v) is 4.47. The number of imide groups is 2. The highest BCUT2D eigenvalue weighted by Gasteiger charge is 2.37. The van der Waals surface area contributed by atoms with E-state index >= 15 is 0 Å². The van der Waals surface area contributed by atoms with Crippen LogP contribution in [0.4, 0.5) is 10.5 Å². The third-order valence-corrected chi connectivity index (χ3v) is 6.16. The number of benzene rings is 3. The first-order chi connectivity index (χ1) is 18.6. The summed E-state index contributed by atoms with van der Waals surface area (Å²) in [4.78, 5) is 50.9. The molecule has 1 heterocycles. The molecule has 0 radical (unpaired) electrons. The lowest BCUT2D eigenvalue weighted by atomic mass is 10.1. The second kappa shape index (κ2) is 11.4. The summed E-state index contributed by atoms with van der Waals surface area (Å²) in [7, 11) is 2.69. The molecule has 3 aromatic carbocycles. The summed E-state index contributed by atoms with van der Waals surface area (Å²) in [6, 6.07) is 13.9. The van der Waals surface area contributed by atoms with Gasteiger partial charge in [0.1, 0.15) is 12.2 Å². The van der Waals surface area contributed by atoms with Crippen molar-refractivity contribution in [2.75, 3.05) is 19.1 Å². The van der Waals surface area contributed by atoms with Crippen LogP contribution in [-0.2, 0) is 20.9 Å². The number of nitrogens with zero attached hydrogens (tertiary/aromatic N) is 1. The standard InChI is InChI=1S/C29H25ClN2O7/c1-16-9-17(2)11-19(10-16)15-39-25-23(30)13-18(14-24(25)37-3)12-22-26(33)31-29(36)32(27(22)34)21-7-5-20(6-8-21)28(35)38-4/h5-14H,15H2,1-4H3,(H,31,33,36)/b22-12+. The van der Waals surface area contributed by atoms with Crippen molar-refractivity contribution in [1.82, 2.24) is 5.32 Å². The molecule has 0 aliphatic carbocycles. The highest BCUT2D eigenvalue weighted by atomic mass is 35.5. The third kappa shape index (κ3) is 5.94. The van der Waals surface area contributed by atoms with E-state index in [0.29, 0.717) is 17.1 Å². The number of aryl methyl sites for hydroxylation is 2. The molecule has 10 heteroatoms. The van der Waals surface area contributed by atoms with Crippen LogP contribution in [0.1, 0.15) is 32.6 Å². The Kier molecular flexibility index (Phi) is 8.01. The summed E-state index contributed by atoms with van der Waals surface area (Å²) in [6.45, 7) is 4.26. The topological polar surface area (TPSA) is 111 Å². The minimum absolute atomic E-state index is 0.161. The monoisotopic (exact) mass is 548 g/mol. The van der Waals surface area contributed by atoms with E-state index in [4.69, 9.17) is 21.1 Å². The van der Waals surface area contributed by atoms with Crippen molar-refractivity contribution in [1.29, 1.82) is 0 Å². The van der Waals surface area contributed by atoms with Gasteiger partial charge in [-0.2, -0.15) is 0 Å². The number of hydrogen-bond donors (Lipinski definition) is 1. The van der Waals surface area contributed by atoms with Gasteiger partial charge in [0.25, 0.3) is 11.8 Å². The van der Waals surface area contributed by atoms with Gasteiger partial charge in [0.15, 0.2) is 11.5 Å². The van der Waals surface area contributed by atoms with Crippen LogP contribution in [0.25, 0.3) is 6.08 Å². The number of urea groups is 1. The van der Waals surface area contributed by atoms with Crippen LogP contribution < -0.4 is 19.7 Å². The number of nitrogens with one attached hydrogen (secondary N) is 1. The summed E-state index contributed by atoms with van der Waals surface area (Å²) < 4.78 is 16.1. The normalized spacial score (nSPS) is 14.3. The van der Waals surface area contributed by atoms with Crippen molar-refractivity contribution in [3.05, 3.63) is 93.0 Å². The number of halogens is 1. The summed E-state index contributed by atoms with van der Waals surface area (Å²) >= 11 is 6.51. The lowest BCUT2D eigenvalue weighted by Gasteiger charge is -2.26. The lowest BCUT2D eigenvalue weighted by Crippen LogP contribution is -2.54. The number of rotatable bonds is 7. The Morgan fingerprint density at radius 2 is 1.64 bits per heavy atom. The number of carbonyl (C=O) groups excluding carboxylic acids is 4. The molecule has 3 aromatic rings. The SMILES string of the molecule is COC(=O)c1ccc(N2C(=O)NC(=O)/C(=C\c3cc(Cl)c(OCc4cc(C)cc(C)c4)c(OC)c3)C2=O)cc1. The number of anilines is 1. The number of ether oxygens (including phenoxy) is 3. The summed E-state index contributed by atoms with van der Waals surface area (Å²) in [5.41, 5.74) is 3.66. The van der Waals surface area contributed by atoms with Crippen LogP contribution in [-0.4, -0.2) is 38.0 Å². The molecule has 4 amide bonds. The van der Waals surface area contributed by atoms with E-state index in [-0.39, 0.29) is 28.5 Å². The minimum atomic E-state index is -0.918. The van der Waals surface area contributed by atoms with Gasteiger partial charge in [0, 0.05) is 0 Å². The van der Waals surface area contributed by atoms with Crippen LogP contribution in [0.15, 0.2) is 60.2 Å². The number of methoxy groups -OCH3 is 2.